The van der Waals surface area contributed by atoms with Crippen molar-refractivity contribution in [3.05, 3.63) is 30.1 Å². The lowest BCUT2D eigenvalue weighted by molar-refractivity contribution is -0.150. The van der Waals surface area contributed by atoms with Crippen LogP contribution in [-0.2, 0) is 10.3 Å². The first-order valence-corrected chi connectivity index (χ1v) is 4.71. The molecule has 1 rings (SSSR count). The summed E-state index contributed by atoms with van der Waals surface area (Å²) in [4.78, 5) is 14.8. The van der Waals surface area contributed by atoms with Crippen LogP contribution in [0.1, 0.15) is 12.5 Å². The van der Waals surface area contributed by atoms with Crippen LogP contribution in [0.15, 0.2) is 24.5 Å². The van der Waals surface area contributed by atoms with Crippen LogP contribution in [0.25, 0.3) is 0 Å². The van der Waals surface area contributed by atoms with Gasteiger partial charge in [-0.2, -0.15) is 13.2 Å². The van der Waals surface area contributed by atoms with E-state index in [1.807, 2.05) is 5.32 Å². The number of hydrogen-bond donors (Lipinski definition) is 2. The van der Waals surface area contributed by atoms with Gasteiger partial charge >= 0.3 is 12.1 Å². The predicted octanol–water partition coefficient (Wildman–Crippen LogP) is 1.53. The SMILES string of the molecule is CC(NCC(F)(F)F)(C(=O)O)c1ccncc1. The average molecular weight is 248 g/mol. The number of pyridine rings is 1. The molecular formula is C10H11F3N2O2. The summed E-state index contributed by atoms with van der Waals surface area (Å²) in [7, 11) is 0. The van der Waals surface area contributed by atoms with E-state index in [2.05, 4.69) is 4.98 Å². The van der Waals surface area contributed by atoms with E-state index in [1.54, 1.807) is 0 Å². The Balaban J connectivity index is 2.95. The van der Waals surface area contributed by atoms with E-state index in [0.29, 0.717) is 0 Å². The highest BCUT2D eigenvalue weighted by molar-refractivity contribution is 5.80. The number of rotatable bonds is 4. The van der Waals surface area contributed by atoms with E-state index < -0.39 is 24.2 Å². The zero-order chi connectivity index (χ0) is 13.1. The molecule has 0 aliphatic carbocycles. The maximum absolute atomic E-state index is 12.1. The summed E-state index contributed by atoms with van der Waals surface area (Å²) in [5.41, 5.74) is -1.58. The van der Waals surface area contributed by atoms with Gasteiger partial charge in [0.2, 0.25) is 0 Å². The molecule has 1 unspecified atom stereocenters. The van der Waals surface area contributed by atoms with Gasteiger partial charge in [-0.1, -0.05) is 0 Å². The van der Waals surface area contributed by atoms with E-state index in [4.69, 9.17) is 5.11 Å². The lowest BCUT2D eigenvalue weighted by Crippen LogP contribution is -2.50. The maximum Gasteiger partial charge on any atom is 0.401 e. The molecule has 0 saturated carbocycles. The molecule has 94 valence electrons. The van der Waals surface area contributed by atoms with Gasteiger partial charge in [-0.25, -0.2) is 4.79 Å². The highest BCUT2D eigenvalue weighted by Gasteiger charge is 2.39. The number of alkyl halides is 3. The van der Waals surface area contributed by atoms with Crippen molar-refractivity contribution in [2.24, 2.45) is 0 Å². The summed E-state index contributed by atoms with van der Waals surface area (Å²) >= 11 is 0. The van der Waals surface area contributed by atoms with Gasteiger partial charge in [0.1, 0.15) is 5.54 Å². The minimum Gasteiger partial charge on any atom is -0.480 e. The Bertz CT molecular complexity index is 394. The predicted molar refractivity (Wildman–Crippen MR) is 53.3 cm³/mol. The van der Waals surface area contributed by atoms with Gasteiger partial charge < -0.3 is 5.11 Å². The Morgan fingerprint density at radius 2 is 1.94 bits per heavy atom. The van der Waals surface area contributed by atoms with Crippen LogP contribution in [0, 0.1) is 0 Å². The van der Waals surface area contributed by atoms with Crippen molar-refractivity contribution >= 4 is 5.97 Å². The molecule has 7 heteroatoms. The van der Waals surface area contributed by atoms with Gasteiger partial charge in [0.25, 0.3) is 0 Å². The second-order valence-electron chi connectivity index (χ2n) is 3.63. The molecule has 17 heavy (non-hydrogen) atoms. The van der Waals surface area contributed by atoms with Crippen molar-refractivity contribution in [1.29, 1.82) is 0 Å². The van der Waals surface area contributed by atoms with Crippen LogP contribution < -0.4 is 5.32 Å². The van der Waals surface area contributed by atoms with Gasteiger partial charge in [0.05, 0.1) is 6.54 Å². The molecule has 1 aromatic rings. The molecule has 0 spiro atoms. The Labute approximate surface area is 95.5 Å². The number of carbonyl (C=O) groups is 1. The number of carboxylic acids is 1. The highest BCUT2D eigenvalue weighted by atomic mass is 19.4. The van der Waals surface area contributed by atoms with Gasteiger partial charge in [-0.3, -0.25) is 10.3 Å². The van der Waals surface area contributed by atoms with Crippen LogP contribution >= 0.6 is 0 Å². The van der Waals surface area contributed by atoms with Crippen molar-refractivity contribution in [2.45, 2.75) is 18.6 Å². The smallest absolute Gasteiger partial charge is 0.401 e. The van der Waals surface area contributed by atoms with Crippen molar-refractivity contribution in [3.8, 4) is 0 Å². The fourth-order valence-corrected chi connectivity index (χ4v) is 1.26. The molecule has 0 saturated heterocycles. The molecule has 0 aliphatic heterocycles. The van der Waals surface area contributed by atoms with E-state index in [1.165, 1.54) is 31.5 Å². The lowest BCUT2D eigenvalue weighted by atomic mass is 9.93. The number of nitrogens with one attached hydrogen (secondary N) is 1. The molecule has 0 fully saturated rings. The molecule has 0 radical (unpaired) electrons. The fourth-order valence-electron chi connectivity index (χ4n) is 1.26. The Hall–Kier alpha value is -1.63. The lowest BCUT2D eigenvalue weighted by Gasteiger charge is -2.27. The monoisotopic (exact) mass is 248 g/mol. The van der Waals surface area contributed by atoms with Crippen LogP contribution in [0.4, 0.5) is 13.2 Å². The first-order chi connectivity index (χ1) is 7.76. The highest BCUT2D eigenvalue weighted by Crippen LogP contribution is 2.22. The van der Waals surface area contributed by atoms with E-state index in [0.717, 1.165) is 0 Å². The quantitative estimate of drug-likeness (QED) is 0.848. The summed E-state index contributed by atoms with van der Waals surface area (Å²) in [6.45, 7) is -0.200. The minimum absolute atomic E-state index is 0.212. The summed E-state index contributed by atoms with van der Waals surface area (Å²) in [6, 6.07) is 2.72. The Kier molecular flexibility index (Phi) is 3.72. The fraction of sp³-hybridized carbons (Fsp3) is 0.400. The van der Waals surface area contributed by atoms with Gasteiger partial charge in [0, 0.05) is 12.4 Å². The second kappa shape index (κ2) is 4.70. The third-order valence-electron chi connectivity index (χ3n) is 2.33. The van der Waals surface area contributed by atoms with Crippen LogP contribution in [0.3, 0.4) is 0 Å². The van der Waals surface area contributed by atoms with Crippen molar-refractivity contribution in [3.63, 3.8) is 0 Å². The molecule has 4 nitrogen and oxygen atoms in total. The number of nitrogens with zero attached hydrogens (tertiary/aromatic N) is 1. The van der Waals surface area contributed by atoms with Crippen molar-refractivity contribution < 1.29 is 23.1 Å². The van der Waals surface area contributed by atoms with Gasteiger partial charge in [-0.05, 0) is 24.6 Å². The normalized spacial score (nSPS) is 15.3. The molecule has 2 N–H and O–H groups in total. The zero-order valence-electron chi connectivity index (χ0n) is 8.95. The molecule has 0 amide bonds. The molecule has 0 aromatic carbocycles. The topological polar surface area (TPSA) is 62.2 Å². The van der Waals surface area contributed by atoms with E-state index in [9.17, 15) is 18.0 Å². The first kappa shape index (κ1) is 13.4. The van der Waals surface area contributed by atoms with Crippen LogP contribution in [-0.4, -0.2) is 28.8 Å². The molecule has 1 aromatic heterocycles. The average Bonchev–Trinajstić information content (AvgIpc) is 2.26. The number of aromatic nitrogens is 1. The molecule has 1 heterocycles. The van der Waals surface area contributed by atoms with Crippen molar-refractivity contribution in [1.82, 2.24) is 10.3 Å². The maximum atomic E-state index is 12.1. The Morgan fingerprint density at radius 1 is 1.41 bits per heavy atom. The Morgan fingerprint density at radius 3 is 2.35 bits per heavy atom. The van der Waals surface area contributed by atoms with E-state index >= 15 is 0 Å². The van der Waals surface area contributed by atoms with E-state index in [-0.39, 0.29) is 5.56 Å². The summed E-state index contributed by atoms with van der Waals surface area (Å²) < 4.78 is 36.3. The standard InChI is InChI=1S/C10H11F3N2O2/c1-9(8(16)17,15-6-10(11,12)13)7-2-4-14-5-3-7/h2-5,15H,6H2,1H3,(H,16,17). The third kappa shape index (κ3) is 3.42. The van der Waals surface area contributed by atoms with Crippen LogP contribution in [0.2, 0.25) is 0 Å². The zero-order valence-corrected chi connectivity index (χ0v) is 8.95. The molecule has 0 aliphatic rings. The summed E-state index contributed by atoms with van der Waals surface area (Å²) in [6.07, 6.45) is -1.82. The van der Waals surface area contributed by atoms with Crippen molar-refractivity contribution in [2.75, 3.05) is 6.54 Å². The summed E-state index contributed by atoms with van der Waals surface area (Å²) in [5.74, 6) is -1.38. The largest absolute Gasteiger partial charge is 0.480 e. The van der Waals surface area contributed by atoms with Gasteiger partial charge in [-0.15, -0.1) is 0 Å². The minimum atomic E-state index is -4.47. The number of carboxylic acid groups (broad SMARTS) is 1. The second-order valence-corrected chi connectivity index (χ2v) is 3.63. The third-order valence-corrected chi connectivity index (χ3v) is 2.33. The number of aliphatic carboxylic acids is 1. The summed E-state index contributed by atoms with van der Waals surface area (Å²) in [5, 5.41) is 11.0. The number of hydrogen-bond acceptors (Lipinski definition) is 3. The van der Waals surface area contributed by atoms with Crippen LogP contribution in [0.5, 0.6) is 0 Å². The molecule has 0 bridgehead atoms. The van der Waals surface area contributed by atoms with Gasteiger partial charge in [0.15, 0.2) is 0 Å². The molecule has 1 atom stereocenters. The molecular weight excluding hydrogens is 237 g/mol. The number of halogens is 3. The first-order valence-electron chi connectivity index (χ1n) is 4.71.